The Morgan fingerprint density at radius 3 is 2.81 bits per heavy atom. The molecular formula is C11H19ClN4. The summed E-state index contributed by atoms with van der Waals surface area (Å²) in [4.78, 5) is 2.20. The van der Waals surface area contributed by atoms with Crippen LogP contribution in [0.5, 0.6) is 0 Å². The summed E-state index contributed by atoms with van der Waals surface area (Å²) in [5.41, 5.74) is 0. The molecule has 1 aromatic heterocycles. The molecule has 1 fully saturated rings. The second-order valence-corrected chi connectivity index (χ2v) is 4.16. The normalized spacial score (nSPS) is 16.6. The zero-order chi connectivity index (χ0) is 10.5. The van der Waals surface area contributed by atoms with E-state index in [4.69, 9.17) is 0 Å². The van der Waals surface area contributed by atoms with E-state index < -0.39 is 0 Å². The van der Waals surface area contributed by atoms with Crippen molar-refractivity contribution >= 4 is 18.2 Å². The Bertz CT molecular complexity index is 287. The van der Waals surface area contributed by atoms with Gasteiger partial charge in [-0.2, -0.15) is 5.10 Å². The van der Waals surface area contributed by atoms with Gasteiger partial charge in [-0.1, -0.05) is 0 Å². The predicted molar refractivity (Wildman–Crippen MR) is 68.1 cm³/mol. The van der Waals surface area contributed by atoms with Crippen LogP contribution in [0, 0.1) is 5.92 Å². The standard InChI is InChI=1S/C11H18N4.ClH/c1-15(11-3-2-6-13-14-11)9-10-4-7-12-8-5-10;/h2-3,6,10,12H,4-5,7-9H2,1H3;1H. The van der Waals surface area contributed by atoms with E-state index in [1.807, 2.05) is 12.1 Å². The Hall–Kier alpha value is -0.870. The van der Waals surface area contributed by atoms with Crippen molar-refractivity contribution in [3.8, 4) is 0 Å². The summed E-state index contributed by atoms with van der Waals surface area (Å²) in [6.45, 7) is 3.39. The first-order valence-corrected chi connectivity index (χ1v) is 5.56. The fraction of sp³-hybridized carbons (Fsp3) is 0.636. The number of hydrogen-bond donors (Lipinski definition) is 1. The van der Waals surface area contributed by atoms with E-state index in [-0.39, 0.29) is 12.4 Å². The molecule has 0 aromatic carbocycles. The third-order valence-electron chi connectivity index (χ3n) is 2.94. The van der Waals surface area contributed by atoms with E-state index in [1.165, 1.54) is 12.8 Å². The number of anilines is 1. The smallest absolute Gasteiger partial charge is 0.150 e. The molecule has 1 aliphatic heterocycles. The van der Waals surface area contributed by atoms with Gasteiger partial charge in [0.1, 0.15) is 0 Å². The van der Waals surface area contributed by atoms with E-state index in [0.29, 0.717) is 0 Å². The quantitative estimate of drug-likeness (QED) is 0.869. The molecule has 1 saturated heterocycles. The molecule has 0 saturated carbocycles. The van der Waals surface area contributed by atoms with Crippen molar-refractivity contribution in [3.63, 3.8) is 0 Å². The summed E-state index contributed by atoms with van der Waals surface area (Å²) in [6.07, 6.45) is 4.25. The van der Waals surface area contributed by atoms with Crippen LogP contribution in [0.4, 0.5) is 5.82 Å². The number of piperidine rings is 1. The van der Waals surface area contributed by atoms with Crippen LogP contribution < -0.4 is 10.2 Å². The predicted octanol–water partition coefficient (Wildman–Crippen LogP) is 1.33. The molecule has 0 bridgehead atoms. The molecule has 0 radical (unpaired) electrons. The van der Waals surface area contributed by atoms with Gasteiger partial charge in [0.05, 0.1) is 0 Å². The minimum atomic E-state index is 0. The van der Waals surface area contributed by atoms with Gasteiger partial charge in [-0.25, -0.2) is 0 Å². The Labute approximate surface area is 103 Å². The van der Waals surface area contributed by atoms with Crippen LogP contribution in [0.1, 0.15) is 12.8 Å². The third-order valence-corrected chi connectivity index (χ3v) is 2.94. The van der Waals surface area contributed by atoms with Crippen molar-refractivity contribution in [1.82, 2.24) is 15.5 Å². The van der Waals surface area contributed by atoms with Crippen LogP contribution in [0.15, 0.2) is 18.3 Å². The molecule has 2 heterocycles. The number of hydrogen-bond acceptors (Lipinski definition) is 4. The second kappa shape index (κ2) is 6.66. The van der Waals surface area contributed by atoms with Crippen molar-refractivity contribution in [3.05, 3.63) is 18.3 Å². The SMILES string of the molecule is CN(CC1CCNCC1)c1cccnn1.Cl. The monoisotopic (exact) mass is 242 g/mol. The number of aromatic nitrogens is 2. The van der Waals surface area contributed by atoms with E-state index >= 15 is 0 Å². The molecular weight excluding hydrogens is 224 g/mol. The second-order valence-electron chi connectivity index (χ2n) is 4.16. The molecule has 1 aliphatic rings. The van der Waals surface area contributed by atoms with Crippen molar-refractivity contribution in [1.29, 1.82) is 0 Å². The topological polar surface area (TPSA) is 41.0 Å². The summed E-state index contributed by atoms with van der Waals surface area (Å²) in [7, 11) is 2.09. The molecule has 0 aliphatic carbocycles. The Morgan fingerprint density at radius 2 is 2.19 bits per heavy atom. The number of rotatable bonds is 3. The highest BCUT2D eigenvalue weighted by molar-refractivity contribution is 5.85. The average molecular weight is 243 g/mol. The Morgan fingerprint density at radius 1 is 1.44 bits per heavy atom. The first-order chi connectivity index (χ1) is 7.36. The number of halogens is 1. The average Bonchev–Trinajstić information content (AvgIpc) is 2.31. The van der Waals surface area contributed by atoms with Gasteiger partial charge in [0, 0.05) is 19.8 Å². The molecule has 1 aromatic rings. The lowest BCUT2D eigenvalue weighted by Gasteiger charge is -2.27. The number of nitrogens with zero attached hydrogens (tertiary/aromatic N) is 3. The molecule has 0 amide bonds. The van der Waals surface area contributed by atoms with Gasteiger partial charge in [0.2, 0.25) is 0 Å². The summed E-state index contributed by atoms with van der Waals surface area (Å²) < 4.78 is 0. The maximum absolute atomic E-state index is 4.10. The van der Waals surface area contributed by atoms with Crippen LogP contribution in [-0.4, -0.2) is 36.9 Å². The summed E-state index contributed by atoms with van der Waals surface area (Å²) >= 11 is 0. The molecule has 90 valence electrons. The first-order valence-electron chi connectivity index (χ1n) is 5.56. The fourth-order valence-corrected chi connectivity index (χ4v) is 2.04. The fourth-order valence-electron chi connectivity index (χ4n) is 2.04. The molecule has 0 unspecified atom stereocenters. The van der Waals surface area contributed by atoms with Crippen molar-refractivity contribution in [2.24, 2.45) is 5.92 Å². The summed E-state index contributed by atoms with van der Waals surface area (Å²) in [5.74, 6) is 1.76. The maximum atomic E-state index is 4.10. The van der Waals surface area contributed by atoms with Gasteiger partial charge in [-0.15, -0.1) is 17.5 Å². The van der Waals surface area contributed by atoms with Crippen molar-refractivity contribution in [2.45, 2.75) is 12.8 Å². The molecule has 0 spiro atoms. The molecule has 0 atom stereocenters. The van der Waals surface area contributed by atoms with Crippen LogP contribution in [-0.2, 0) is 0 Å². The van der Waals surface area contributed by atoms with Crippen LogP contribution in [0.2, 0.25) is 0 Å². The highest BCUT2D eigenvalue weighted by atomic mass is 35.5. The summed E-state index contributed by atoms with van der Waals surface area (Å²) in [6, 6.07) is 3.94. The van der Waals surface area contributed by atoms with Gasteiger partial charge in [0.15, 0.2) is 5.82 Å². The Balaban J connectivity index is 0.00000128. The lowest BCUT2D eigenvalue weighted by Crippen LogP contribution is -2.34. The highest BCUT2D eigenvalue weighted by Gasteiger charge is 2.15. The highest BCUT2D eigenvalue weighted by Crippen LogP contribution is 2.15. The molecule has 5 heteroatoms. The zero-order valence-electron chi connectivity index (χ0n) is 9.59. The number of nitrogens with one attached hydrogen (secondary N) is 1. The van der Waals surface area contributed by atoms with Crippen molar-refractivity contribution in [2.75, 3.05) is 31.6 Å². The molecule has 4 nitrogen and oxygen atoms in total. The van der Waals surface area contributed by atoms with Gasteiger partial charge >= 0.3 is 0 Å². The lowest BCUT2D eigenvalue weighted by atomic mass is 9.98. The lowest BCUT2D eigenvalue weighted by molar-refractivity contribution is 0.377. The minimum Gasteiger partial charge on any atom is -0.358 e. The van der Waals surface area contributed by atoms with E-state index in [0.717, 1.165) is 31.4 Å². The van der Waals surface area contributed by atoms with Crippen LogP contribution >= 0.6 is 12.4 Å². The third kappa shape index (κ3) is 3.61. The van der Waals surface area contributed by atoms with Crippen LogP contribution in [0.25, 0.3) is 0 Å². The van der Waals surface area contributed by atoms with E-state index in [2.05, 4.69) is 27.5 Å². The van der Waals surface area contributed by atoms with Crippen molar-refractivity contribution < 1.29 is 0 Å². The maximum Gasteiger partial charge on any atom is 0.150 e. The largest absolute Gasteiger partial charge is 0.358 e. The van der Waals surface area contributed by atoms with Gasteiger partial charge < -0.3 is 10.2 Å². The molecule has 2 rings (SSSR count). The van der Waals surface area contributed by atoms with Crippen LogP contribution in [0.3, 0.4) is 0 Å². The van der Waals surface area contributed by atoms with E-state index in [1.54, 1.807) is 6.20 Å². The van der Waals surface area contributed by atoms with E-state index in [9.17, 15) is 0 Å². The first kappa shape index (κ1) is 13.2. The summed E-state index contributed by atoms with van der Waals surface area (Å²) in [5, 5.41) is 11.4. The Kier molecular flexibility index (Phi) is 5.49. The zero-order valence-corrected chi connectivity index (χ0v) is 10.4. The molecule has 16 heavy (non-hydrogen) atoms. The van der Waals surface area contributed by atoms with Gasteiger partial charge in [-0.05, 0) is 44.0 Å². The minimum absolute atomic E-state index is 0. The van der Waals surface area contributed by atoms with Gasteiger partial charge in [0.25, 0.3) is 0 Å². The molecule has 1 N–H and O–H groups in total. The van der Waals surface area contributed by atoms with Gasteiger partial charge in [-0.3, -0.25) is 0 Å².